The van der Waals surface area contributed by atoms with Gasteiger partial charge >= 0.3 is 11.9 Å². The maximum atomic E-state index is 11.9. The van der Waals surface area contributed by atoms with Gasteiger partial charge in [-0.25, -0.2) is 0 Å². The molecule has 0 saturated carbocycles. The highest BCUT2D eigenvalue weighted by atomic mass is 16.5. The van der Waals surface area contributed by atoms with Gasteiger partial charge in [-0.2, -0.15) is 0 Å². The summed E-state index contributed by atoms with van der Waals surface area (Å²) >= 11 is 0. The summed E-state index contributed by atoms with van der Waals surface area (Å²) < 4.78 is 10.2. The van der Waals surface area contributed by atoms with Gasteiger partial charge in [0.2, 0.25) is 0 Å². The van der Waals surface area contributed by atoms with Crippen molar-refractivity contribution in [2.75, 3.05) is 13.2 Å². The summed E-state index contributed by atoms with van der Waals surface area (Å²) in [5.41, 5.74) is 0. The molecule has 2 unspecified atom stereocenters. The molecule has 0 amide bonds. The van der Waals surface area contributed by atoms with Gasteiger partial charge in [-0.05, 0) is 18.8 Å². The molecule has 0 fully saturated rings. The first-order chi connectivity index (χ1) is 8.45. The molecule has 18 heavy (non-hydrogen) atoms. The van der Waals surface area contributed by atoms with E-state index >= 15 is 0 Å². The molecule has 0 N–H and O–H groups in total. The van der Waals surface area contributed by atoms with Crippen LogP contribution >= 0.6 is 0 Å². The van der Waals surface area contributed by atoms with E-state index in [0.717, 1.165) is 12.8 Å². The molecular weight excluding hydrogens is 232 g/mol. The fourth-order valence-corrected chi connectivity index (χ4v) is 1.83. The first-order valence-electron chi connectivity index (χ1n) is 6.78. The van der Waals surface area contributed by atoms with Crippen LogP contribution in [-0.2, 0) is 19.1 Å². The van der Waals surface area contributed by atoms with E-state index in [9.17, 15) is 9.59 Å². The van der Waals surface area contributed by atoms with Crippen LogP contribution in [0, 0.1) is 17.8 Å². The molecule has 4 nitrogen and oxygen atoms in total. The Morgan fingerprint density at radius 2 is 1.33 bits per heavy atom. The Hall–Kier alpha value is -1.06. The van der Waals surface area contributed by atoms with Gasteiger partial charge < -0.3 is 9.47 Å². The molecule has 0 bridgehead atoms. The molecular formula is C14H26O4. The summed E-state index contributed by atoms with van der Waals surface area (Å²) in [5, 5.41) is 0. The smallest absolute Gasteiger partial charge is 0.310 e. The predicted molar refractivity (Wildman–Crippen MR) is 70.0 cm³/mol. The zero-order chi connectivity index (χ0) is 14.1. The van der Waals surface area contributed by atoms with E-state index in [-0.39, 0.29) is 17.9 Å². The Balaban J connectivity index is 4.57. The minimum absolute atomic E-state index is 0.0542. The minimum Gasteiger partial charge on any atom is -0.465 e. The lowest BCUT2D eigenvalue weighted by atomic mass is 9.84. The molecule has 0 aliphatic rings. The standard InChI is InChI=1S/C14H26O4/c1-6-8-17-13(15)11(5)12(10(3)4)14(16)18-9-7-2/h10-12H,6-9H2,1-5H3. The van der Waals surface area contributed by atoms with E-state index in [1.54, 1.807) is 6.92 Å². The van der Waals surface area contributed by atoms with Crippen molar-refractivity contribution in [3.8, 4) is 0 Å². The monoisotopic (exact) mass is 258 g/mol. The zero-order valence-corrected chi connectivity index (χ0v) is 12.2. The van der Waals surface area contributed by atoms with Gasteiger partial charge in [0, 0.05) is 0 Å². The Morgan fingerprint density at radius 1 is 0.889 bits per heavy atom. The number of rotatable bonds is 8. The molecule has 0 radical (unpaired) electrons. The van der Waals surface area contributed by atoms with Gasteiger partial charge in [-0.3, -0.25) is 9.59 Å². The molecule has 0 aromatic carbocycles. The Labute approximate surface area is 110 Å². The fraction of sp³-hybridized carbons (Fsp3) is 0.857. The first-order valence-corrected chi connectivity index (χ1v) is 6.78. The maximum absolute atomic E-state index is 11.9. The van der Waals surface area contributed by atoms with E-state index in [0.29, 0.717) is 13.2 Å². The highest BCUT2D eigenvalue weighted by Crippen LogP contribution is 2.24. The lowest BCUT2D eigenvalue weighted by Crippen LogP contribution is -2.34. The van der Waals surface area contributed by atoms with Crippen molar-refractivity contribution < 1.29 is 19.1 Å². The lowest BCUT2D eigenvalue weighted by Gasteiger charge is -2.24. The second kappa shape index (κ2) is 8.95. The van der Waals surface area contributed by atoms with Gasteiger partial charge in [0.05, 0.1) is 25.0 Å². The number of hydrogen-bond donors (Lipinski definition) is 0. The van der Waals surface area contributed by atoms with Gasteiger partial charge in [0.15, 0.2) is 0 Å². The average Bonchev–Trinajstić information content (AvgIpc) is 2.32. The van der Waals surface area contributed by atoms with Crippen LogP contribution in [0.5, 0.6) is 0 Å². The molecule has 106 valence electrons. The normalized spacial score (nSPS) is 14.1. The molecule has 0 aliphatic carbocycles. The molecule has 0 aliphatic heterocycles. The van der Waals surface area contributed by atoms with Crippen LogP contribution in [0.1, 0.15) is 47.5 Å². The van der Waals surface area contributed by atoms with Gasteiger partial charge in [0.1, 0.15) is 0 Å². The number of hydrogen-bond acceptors (Lipinski definition) is 4. The quantitative estimate of drug-likeness (QED) is 0.628. The van der Waals surface area contributed by atoms with Crippen LogP contribution in [0.2, 0.25) is 0 Å². The first kappa shape index (κ1) is 16.9. The van der Waals surface area contributed by atoms with Gasteiger partial charge in [-0.1, -0.05) is 34.6 Å². The van der Waals surface area contributed by atoms with Crippen LogP contribution in [0.25, 0.3) is 0 Å². The third-order valence-electron chi connectivity index (χ3n) is 2.80. The van der Waals surface area contributed by atoms with Crippen molar-refractivity contribution in [2.24, 2.45) is 17.8 Å². The summed E-state index contributed by atoms with van der Waals surface area (Å²) in [4.78, 5) is 23.7. The molecule has 4 heteroatoms. The maximum Gasteiger partial charge on any atom is 0.310 e. The molecule has 0 aromatic rings. The molecule has 0 rings (SSSR count). The third kappa shape index (κ3) is 5.52. The third-order valence-corrected chi connectivity index (χ3v) is 2.80. The summed E-state index contributed by atoms with van der Waals surface area (Å²) in [6, 6.07) is 0. The van der Waals surface area contributed by atoms with E-state index in [4.69, 9.17) is 9.47 Å². The van der Waals surface area contributed by atoms with Crippen molar-refractivity contribution in [3.05, 3.63) is 0 Å². The number of carbonyl (C=O) groups is 2. The van der Waals surface area contributed by atoms with Crippen LogP contribution in [0.3, 0.4) is 0 Å². The zero-order valence-electron chi connectivity index (χ0n) is 12.2. The van der Waals surface area contributed by atoms with Crippen LogP contribution in [-0.4, -0.2) is 25.2 Å². The Morgan fingerprint density at radius 3 is 1.72 bits per heavy atom. The largest absolute Gasteiger partial charge is 0.465 e. The highest BCUT2D eigenvalue weighted by molar-refractivity contribution is 5.82. The molecule has 0 spiro atoms. The summed E-state index contributed by atoms with van der Waals surface area (Å²) in [5.74, 6) is -1.45. The number of ether oxygens (including phenoxy) is 2. The van der Waals surface area contributed by atoms with Crippen molar-refractivity contribution in [2.45, 2.75) is 47.5 Å². The number of carbonyl (C=O) groups excluding carboxylic acids is 2. The van der Waals surface area contributed by atoms with E-state index in [1.165, 1.54) is 0 Å². The van der Waals surface area contributed by atoms with Crippen molar-refractivity contribution in [1.29, 1.82) is 0 Å². The number of esters is 2. The van der Waals surface area contributed by atoms with Crippen LogP contribution in [0.4, 0.5) is 0 Å². The van der Waals surface area contributed by atoms with Gasteiger partial charge in [-0.15, -0.1) is 0 Å². The second-order valence-electron chi connectivity index (χ2n) is 4.89. The van der Waals surface area contributed by atoms with E-state index in [2.05, 4.69) is 0 Å². The van der Waals surface area contributed by atoms with Crippen molar-refractivity contribution in [1.82, 2.24) is 0 Å². The van der Waals surface area contributed by atoms with Crippen LogP contribution in [0.15, 0.2) is 0 Å². The molecule has 0 heterocycles. The van der Waals surface area contributed by atoms with E-state index < -0.39 is 11.8 Å². The molecule has 2 atom stereocenters. The SMILES string of the molecule is CCCOC(=O)C(C)C(C(=O)OCCC)C(C)C. The Bertz CT molecular complexity index is 261. The topological polar surface area (TPSA) is 52.6 Å². The Kier molecular flexibility index (Phi) is 8.42. The summed E-state index contributed by atoms with van der Waals surface area (Å²) in [7, 11) is 0. The predicted octanol–water partition coefficient (Wildman–Crippen LogP) is 2.80. The highest BCUT2D eigenvalue weighted by Gasteiger charge is 2.34. The van der Waals surface area contributed by atoms with Crippen molar-refractivity contribution >= 4 is 11.9 Å². The van der Waals surface area contributed by atoms with Crippen LogP contribution < -0.4 is 0 Å². The second-order valence-corrected chi connectivity index (χ2v) is 4.89. The summed E-state index contributed by atoms with van der Waals surface area (Å²) in [6.45, 7) is 10.2. The minimum atomic E-state index is -0.457. The van der Waals surface area contributed by atoms with Gasteiger partial charge in [0.25, 0.3) is 0 Å². The fourth-order valence-electron chi connectivity index (χ4n) is 1.83. The molecule has 0 saturated heterocycles. The van der Waals surface area contributed by atoms with Crippen molar-refractivity contribution in [3.63, 3.8) is 0 Å². The lowest BCUT2D eigenvalue weighted by molar-refractivity contribution is -0.162. The average molecular weight is 258 g/mol. The molecule has 0 aromatic heterocycles. The van der Waals surface area contributed by atoms with E-state index in [1.807, 2.05) is 27.7 Å². The summed E-state index contributed by atoms with van der Waals surface area (Å²) in [6.07, 6.45) is 1.57.